The molecule has 0 amide bonds. The van der Waals surface area contributed by atoms with Crippen LogP contribution < -0.4 is 0 Å². The van der Waals surface area contributed by atoms with Crippen molar-refractivity contribution in [2.75, 3.05) is 6.26 Å². The van der Waals surface area contributed by atoms with Crippen LogP contribution in [0.25, 0.3) is 0 Å². The van der Waals surface area contributed by atoms with Crippen LogP contribution in [0.5, 0.6) is 0 Å². The van der Waals surface area contributed by atoms with Crippen molar-refractivity contribution < 1.29 is 0 Å². The Bertz CT molecular complexity index is 146. The highest BCUT2D eigenvalue weighted by atomic mass is 32.2. The lowest BCUT2D eigenvalue weighted by Crippen LogP contribution is -1.65. The van der Waals surface area contributed by atoms with Gasteiger partial charge in [0.25, 0.3) is 0 Å². The number of hydrogen-bond acceptors (Lipinski definition) is 1. The van der Waals surface area contributed by atoms with Crippen LogP contribution in [-0.2, 0) is 0 Å². The molecule has 0 aliphatic rings. The van der Waals surface area contributed by atoms with Crippen molar-refractivity contribution in [1.29, 1.82) is 0 Å². The van der Waals surface area contributed by atoms with Crippen molar-refractivity contribution in [3.8, 4) is 11.8 Å². The van der Waals surface area contributed by atoms with Crippen molar-refractivity contribution in [2.45, 2.75) is 20.3 Å². The lowest BCUT2D eigenvalue weighted by molar-refractivity contribution is 1.28. The molecule has 0 radical (unpaired) electrons. The molecule has 0 rings (SSSR count). The summed E-state index contributed by atoms with van der Waals surface area (Å²) in [5, 5.41) is 0. The van der Waals surface area contributed by atoms with Crippen molar-refractivity contribution >= 4 is 11.8 Å². The summed E-state index contributed by atoms with van der Waals surface area (Å²) in [6.07, 6.45) is 5.02. The fourth-order valence-electron chi connectivity index (χ4n) is 0.417. The maximum Gasteiger partial charge on any atom is 0.0527 e. The molecule has 50 valence electrons. The summed E-state index contributed by atoms with van der Waals surface area (Å²) in [7, 11) is 0. The lowest BCUT2D eigenvalue weighted by atomic mass is 10.4. The molecule has 1 heteroatoms. The number of allylic oxidation sites excluding steroid dienone is 2. The topological polar surface area (TPSA) is 0 Å². The summed E-state index contributed by atoms with van der Waals surface area (Å²) in [5.41, 5.74) is 0. The van der Waals surface area contributed by atoms with E-state index >= 15 is 0 Å². The van der Waals surface area contributed by atoms with Crippen LogP contribution >= 0.6 is 11.8 Å². The molecular formula is C8H12S. The smallest absolute Gasteiger partial charge is 0.0527 e. The quantitative estimate of drug-likeness (QED) is 0.505. The van der Waals surface area contributed by atoms with Crippen LogP contribution in [0, 0.1) is 11.8 Å². The van der Waals surface area contributed by atoms with E-state index in [4.69, 9.17) is 0 Å². The van der Waals surface area contributed by atoms with Gasteiger partial charge < -0.3 is 0 Å². The molecule has 0 nitrogen and oxygen atoms in total. The third kappa shape index (κ3) is 4.17. The normalized spacial score (nSPS) is 10.3. The molecule has 0 N–H and O–H groups in total. The maximum atomic E-state index is 3.04. The molecule has 0 aliphatic carbocycles. The van der Waals surface area contributed by atoms with Gasteiger partial charge >= 0.3 is 0 Å². The van der Waals surface area contributed by atoms with Crippen molar-refractivity contribution in [3.05, 3.63) is 11.0 Å². The first-order valence-corrected chi connectivity index (χ1v) is 4.26. The van der Waals surface area contributed by atoms with Gasteiger partial charge in [-0.2, -0.15) is 0 Å². The van der Waals surface area contributed by atoms with Crippen molar-refractivity contribution in [2.24, 2.45) is 0 Å². The summed E-state index contributed by atoms with van der Waals surface area (Å²) >= 11 is 1.70. The largest absolute Gasteiger partial charge is 0.121 e. The van der Waals surface area contributed by atoms with Crippen LogP contribution in [0.15, 0.2) is 11.0 Å². The van der Waals surface area contributed by atoms with E-state index in [0.717, 1.165) is 11.3 Å². The van der Waals surface area contributed by atoms with E-state index in [-0.39, 0.29) is 0 Å². The molecule has 0 bridgehead atoms. The molecular weight excluding hydrogens is 128 g/mol. The Kier molecular flexibility index (Phi) is 5.56. The lowest BCUT2D eigenvalue weighted by Gasteiger charge is -1.86. The molecule has 0 fully saturated rings. The van der Waals surface area contributed by atoms with Gasteiger partial charge in [0.1, 0.15) is 0 Å². The van der Waals surface area contributed by atoms with Crippen LogP contribution in [0.1, 0.15) is 20.3 Å². The highest BCUT2D eigenvalue weighted by Crippen LogP contribution is 2.08. The van der Waals surface area contributed by atoms with Crippen LogP contribution in [0.4, 0.5) is 0 Å². The van der Waals surface area contributed by atoms with E-state index < -0.39 is 0 Å². The maximum absolute atomic E-state index is 3.04. The van der Waals surface area contributed by atoms with Gasteiger partial charge in [0.15, 0.2) is 0 Å². The molecule has 0 aliphatic heterocycles. The molecule has 0 aromatic rings. The molecule has 0 aromatic carbocycles. The first kappa shape index (κ1) is 8.65. The second-order valence-electron chi connectivity index (χ2n) is 1.51. The average Bonchev–Trinajstić information content (AvgIpc) is 1.91. The SMILES string of the molecule is C/C=C(/C#CCC)SC. The van der Waals surface area contributed by atoms with Gasteiger partial charge in [-0.1, -0.05) is 24.8 Å². The summed E-state index contributed by atoms with van der Waals surface area (Å²) in [6, 6.07) is 0. The minimum Gasteiger partial charge on any atom is -0.121 e. The second-order valence-corrected chi connectivity index (χ2v) is 2.36. The highest BCUT2D eigenvalue weighted by molar-refractivity contribution is 8.02. The number of rotatable bonds is 1. The zero-order valence-corrected chi connectivity index (χ0v) is 7.01. The molecule has 0 heterocycles. The average molecular weight is 140 g/mol. The van der Waals surface area contributed by atoms with Crippen molar-refractivity contribution in [1.82, 2.24) is 0 Å². The second kappa shape index (κ2) is 5.78. The zero-order valence-electron chi connectivity index (χ0n) is 6.19. The van der Waals surface area contributed by atoms with Gasteiger partial charge in [-0.25, -0.2) is 0 Å². The summed E-state index contributed by atoms with van der Waals surface area (Å²) in [5.74, 6) is 6.05. The molecule has 0 spiro atoms. The van der Waals surface area contributed by atoms with E-state index in [2.05, 4.69) is 18.8 Å². The fraction of sp³-hybridized carbons (Fsp3) is 0.500. The third-order valence-corrected chi connectivity index (χ3v) is 1.65. The fourth-order valence-corrected chi connectivity index (χ4v) is 0.826. The summed E-state index contributed by atoms with van der Waals surface area (Å²) < 4.78 is 0. The van der Waals surface area contributed by atoms with Crippen LogP contribution in [-0.4, -0.2) is 6.26 Å². The van der Waals surface area contributed by atoms with Crippen LogP contribution in [0.2, 0.25) is 0 Å². The van der Waals surface area contributed by atoms with Gasteiger partial charge in [-0.15, -0.1) is 11.8 Å². The summed E-state index contributed by atoms with van der Waals surface area (Å²) in [6.45, 7) is 4.07. The predicted molar refractivity (Wildman–Crippen MR) is 45.3 cm³/mol. The number of thioether (sulfide) groups is 1. The molecule has 0 unspecified atom stereocenters. The van der Waals surface area contributed by atoms with Gasteiger partial charge in [0.2, 0.25) is 0 Å². The van der Waals surface area contributed by atoms with E-state index in [1.807, 2.05) is 19.3 Å². The highest BCUT2D eigenvalue weighted by Gasteiger charge is 1.81. The van der Waals surface area contributed by atoms with Gasteiger partial charge in [0.05, 0.1) is 4.91 Å². The molecule has 0 aromatic heterocycles. The Balaban J connectivity index is 3.84. The molecule has 0 atom stereocenters. The Labute approximate surface area is 61.7 Å². The molecule has 9 heavy (non-hydrogen) atoms. The number of hydrogen-bond donors (Lipinski definition) is 0. The van der Waals surface area contributed by atoms with E-state index in [1.165, 1.54) is 0 Å². The van der Waals surface area contributed by atoms with E-state index in [9.17, 15) is 0 Å². The van der Waals surface area contributed by atoms with E-state index in [1.54, 1.807) is 11.8 Å². The first-order chi connectivity index (χ1) is 4.35. The molecule has 0 saturated heterocycles. The Morgan fingerprint density at radius 1 is 1.67 bits per heavy atom. The third-order valence-electron chi connectivity index (χ3n) is 0.870. The van der Waals surface area contributed by atoms with Crippen LogP contribution in [0.3, 0.4) is 0 Å². The molecule has 0 saturated carbocycles. The Morgan fingerprint density at radius 3 is 2.67 bits per heavy atom. The minimum absolute atomic E-state index is 0.942. The van der Waals surface area contributed by atoms with Gasteiger partial charge in [-0.3, -0.25) is 0 Å². The van der Waals surface area contributed by atoms with Crippen molar-refractivity contribution in [3.63, 3.8) is 0 Å². The van der Waals surface area contributed by atoms with Gasteiger partial charge in [-0.05, 0) is 13.2 Å². The minimum atomic E-state index is 0.942. The Hall–Kier alpha value is -0.350. The zero-order chi connectivity index (χ0) is 7.11. The monoisotopic (exact) mass is 140 g/mol. The first-order valence-electron chi connectivity index (χ1n) is 3.04. The summed E-state index contributed by atoms with van der Waals surface area (Å²) in [4.78, 5) is 1.16. The predicted octanol–water partition coefficient (Wildman–Crippen LogP) is 2.67. The van der Waals surface area contributed by atoms with E-state index in [0.29, 0.717) is 0 Å². The Morgan fingerprint density at radius 2 is 2.33 bits per heavy atom. The standard InChI is InChI=1S/C8H12S/c1-4-6-7-8(5-2)9-3/h5H,4H2,1-3H3/b8-5-. The van der Waals surface area contributed by atoms with Gasteiger partial charge in [0, 0.05) is 6.42 Å².